The van der Waals surface area contributed by atoms with Gasteiger partial charge in [-0.3, -0.25) is 0 Å². The third kappa shape index (κ3) is 4.52. The van der Waals surface area contributed by atoms with Gasteiger partial charge in [-0.05, 0) is 74.2 Å². The molecule has 3 nitrogen and oxygen atoms in total. The molecule has 0 saturated heterocycles. The summed E-state index contributed by atoms with van der Waals surface area (Å²) in [5.41, 5.74) is 4.18. The van der Waals surface area contributed by atoms with Crippen molar-refractivity contribution in [2.75, 3.05) is 0 Å². The van der Waals surface area contributed by atoms with E-state index in [1.54, 1.807) is 24.3 Å². The van der Waals surface area contributed by atoms with Gasteiger partial charge in [-0.2, -0.15) is 0 Å². The van der Waals surface area contributed by atoms with E-state index in [-0.39, 0.29) is 0 Å². The molecule has 2 rings (SSSR count). The van der Waals surface area contributed by atoms with E-state index in [4.69, 9.17) is 20.3 Å². The van der Waals surface area contributed by atoms with Gasteiger partial charge in [-0.15, -0.1) is 0 Å². The zero-order chi connectivity index (χ0) is 15.6. The summed E-state index contributed by atoms with van der Waals surface area (Å²) in [6, 6.07) is 10.9. The molecule has 0 aromatic heterocycles. The molecule has 0 fully saturated rings. The van der Waals surface area contributed by atoms with Crippen LogP contribution >= 0.6 is 18.2 Å². The number of hydrogen-bond donors (Lipinski definition) is 0. The Bertz CT molecular complexity index is 692. The molecule has 0 spiro atoms. The maximum atomic E-state index is 12.3. The standard InChI is InChI=1S/C16H18ClO3P/c1-11-7-12(2)9-16(8-11)20-21(17,18)19-15-6-5-13(3)14(4)10-15/h5-10H,1-4H3. The first-order valence-electron chi connectivity index (χ1n) is 6.60. The van der Waals surface area contributed by atoms with Crippen molar-refractivity contribution in [3.05, 3.63) is 58.7 Å². The fourth-order valence-corrected chi connectivity index (χ4v) is 3.26. The van der Waals surface area contributed by atoms with Gasteiger partial charge in [0.2, 0.25) is 0 Å². The summed E-state index contributed by atoms with van der Waals surface area (Å²) < 4.78 is 22.9. The molecule has 0 aliphatic heterocycles. The van der Waals surface area contributed by atoms with Crippen molar-refractivity contribution in [1.82, 2.24) is 0 Å². The van der Waals surface area contributed by atoms with Gasteiger partial charge in [-0.25, -0.2) is 4.57 Å². The van der Waals surface area contributed by atoms with Gasteiger partial charge in [0.25, 0.3) is 0 Å². The summed E-state index contributed by atoms with van der Waals surface area (Å²) >= 11 is 5.91. The monoisotopic (exact) mass is 324 g/mol. The Balaban J connectivity index is 2.17. The molecule has 112 valence electrons. The molecule has 2 aromatic rings. The molecular weight excluding hydrogens is 307 g/mol. The highest BCUT2D eigenvalue weighted by Crippen LogP contribution is 2.53. The molecule has 0 aliphatic carbocycles. The van der Waals surface area contributed by atoms with Crippen molar-refractivity contribution in [3.63, 3.8) is 0 Å². The molecule has 21 heavy (non-hydrogen) atoms. The highest BCUT2D eigenvalue weighted by Gasteiger charge is 2.25. The minimum atomic E-state index is -3.74. The summed E-state index contributed by atoms with van der Waals surface area (Å²) in [5.74, 6) is 0.871. The summed E-state index contributed by atoms with van der Waals surface area (Å²) in [7, 11) is 0. The van der Waals surface area contributed by atoms with Crippen LogP contribution in [0.3, 0.4) is 0 Å². The SMILES string of the molecule is Cc1cc(C)cc(OP(=O)(Cl)Oc2ccc(C)c(C)c2)c1. The lowest BCUT2D eigenvalue weighted by molar-refractivity contribution is 0.406. The van der Waals surface area contributed by atoms with Crippen LogP contribution < -0.4 is 9.05 Å². The minimum Gasteiger partial charge on any atom is -0.405 e. The van der Waals surface area contributed by atoms with Crippen LogP contribution in [0.2, 0.25) is 0 Å². The van der Waals surface area contributed by atoms with Crippen molar-refractivity contribution >= 4 is 18.2 Å². The predicted molar refractivity (Wildman–Crippen MR) is 86.5 cm³/mol. The molecule has 0 heterocycles. The van der Waals surface area contributed by atoms with Crippen LogP contribution in [-0.4, -0.2) is 0 Å². The van der Waals surface area contributed by atoms with Crippen LogP contribution in [0.5, 0.6) is 11.5 Å². The van der Waals surface area contributed by atoms with E-state index in [1.807, 2.05) is 39.8 Å². The van der Waals surface area contributed by atoms with E-state index >= 15 is 0 Å². The zero-order valence-corrected chi connectivity index (χ0v) is 14.2. The fourth-order valence-electron chi connectivity index (χ4n) is 2.03. The second-order valence-electron chi connectivity index (χ2n) is 5.18. The van der Waals surface area contributed by atoms with Crippen molar-refractivity contribution in [2.24, 2.45) is 0 Å². The lowest BCUT2D eigenvalue weighted by atomic mass is 10.1. The molecule has 0 amide bonds. The van der Waals surface area contributed by atoms with Crippen LogP contribution in [0.15, 0.2) is 36.4 Å². The first kappa shape index (κ1) is 15.9. The van der Waals surface area contributed by atoms with Gasteiger partial charge in [0.1, 0.15) is 11.5 Å². The number of halogens is 1. The second-order valence-corrected chi connectivity index (χ2v) is 7.65. The van der Waals surface area contributed by atoms with E-state index in [9.17, 15) is 4.57 Å². The normalized spacial score (nSPS) is 13.6. The van der Waals surface area contributed by atoms with Crippen molar-refractivity contribution in [2.45, 2.75) is 27.7 Å². The zero-order valence-electron chi connectivity index (χ0n) is 12.5. The maximum absolute atomic E-state index is 12.3. The van der Waals surface area contributed by atoms with E-state index in [1.165, 1.54) is 0 Å². The number of rotatable bonds is 4. The van der Waals surface area contributed by atoms with Crippen molar-refractivity contribution < 1.29 is 13.6 Å². The lowest BCUT2D eigenvalue weighted by Crippen LogP contribution is -1.96. The largest absolute Gasteiger partial charge is 0.530 e. The van der Waals surface area contributed by atoms with Gasteiger partial charge in [0.05, 0.1) is 0 Å². The maximum Gasteiger partial charge on any atom is 0.530 e. The minimum absolute atomic E-state index is 0.431. The van der Waals surface area contributed by atoms with Gasteiger partial charge < -0.3 is 9.05 Å². The quantitative estimate of drug-likeness (QED) is 0.674. The van der Waals surface area contributed by atoms with E-state index in [0.717, 1.165) is 22.3 Å². The lowest BCUT2D eigenvalue weighted by Gasteiger charge is -2.15. The molecule has 0 radical (unpaired) electrons. The smallest absolute Gasteiger partial charge is 0.405 e. The van der Waals surface area contributed by atoms with Gasteiger partial charge in [-0.1, -0.05) is 12.1 Å². The average Bonchev–Trinajstić information content (AvgIpc) is 2.31. The van der Waals surface area contributed by atoms with Gasteiger partial charge in [0.15, 0.2) is 0 Å². The molecular formula is C16H18ClO3P. The Morgan fingerprint density at radius 1 is 0.810 bits per heavy atom. The molecule has 0 aliphatic rings. The molecule has 5 heteroatoms. The Morgan fingerprint density at radius 3 is 1.95 bits per heavy atom. The highest BCUT2D eigenvalue weighted by molar-refractivity contribution is 7.82. The van der Waals surface area contributed by atoms with Crippen molar-refractivity contribution in [3.8, 4) is 11.5 Å². The topological polar surface area (TPSA) is 35.5 Å². The Morgan fingerprint density at radius 2 is 1.38 bits per heavy atom. The van der Waals surface area contributed by atoms with Crippen molar-refractivity contribution in [1.29, 1.82) is 0 Å². The number of benzene rings is 2. The van der Waals surface area contributed by atoms with Crippen LogP contribution in [0.1, 0.15) is 22.3 Å². The summed E-state index contributed by atoms with van der Waals surface area (Å²) in [6.45, 7) is 4.07. The molecule has 0 bridgehead atoms. The highest BCUT2D eigenvalue weighted by atomic mass is 35.7. The van der Waals surface area contributed by atoms with Gasteiger partial charge in [0, 0.05) is 11.2 Å². The van der Waals surface area contributed by atoms with E-state index in [2.05, 4.69) is 0 Å². The first-order chi connectivity index (χ1) is 9.75. The van der Waals surface area contributed by atoms with E-state index < -0.39 is 6.95 Å². The third-order valence-electron chi connectivity index (χ3n) is 3.10. The fraction of sp³-hybridized carbons (Fsp3) is 0.250. The van der Waals surface area contributed by atoms with Crippen LogP contribution in [-0.2, 0) is 4.57 Å². The summed E-state index contributed by atoms with van der Waals surface area (Å²) in [6.07, 6.45) is 0. The predicted octanol–water partition coefficient (Wildman–Crippen LogP) is 5.72. The number of aryl methyl sites for hydroxylation is 4. The summed E-state index contributed by atoms with van der Waals surface area (Å²) in [5, 5.41) is 0. The first-order valence-corrected chi connectivity index (χ1v) is 9.04. The van der Waals surface area contributed by atoms with Gasteiger partial charge >= 0.3 is 6.95 Å². The molecule has 0 saturated carbocycles. The number of hydrogen-bond acceptors (Lipinski definition) is 3. The Hall–Kier alpha value is -1.44. The molecule has 1 atom stereocenters. The molecule has 0 N–H and O–H groups in total. The second kappa shape index (κ2) is 6.13. The van der Waals surface area contributed by atoms with Crippen LogP contribution in [0, 0.1) is 27.7 Å². The average molecular weight is 325 g/mol. The van der Waals surface area contributed by atoms with Crippen LogP contribution in [0.25, 0.3) is 0 Å². The summed E-state index contributed by atoms with van der Waals surface area (Å²) in [4.78, 5) is 0. The Labute approximate surface area is 130 Å². The van der Waals surface area contributed by atoms with Crippen LogP contribution in [0.4, 0.5) is 0 Å². The van der Waals surface area contributed by atoms with E-state index in [0.29, 0.717) is 11.5 Å². The molecule has 2 aromatic carbocycles. The Kier molecular flexibility index (Phi) is 4.65. The molecule has 1 unspecified atom stereocenters. The third-order valence-corrected chi connectivity index (χ3v) is 4.37.